The van der Waals surface area contributed by atoms with Crippen LogP contribution in [0.4, 0.5) is 27.7 Å². The molecule has 1 heterocycles. The Balaban J connectivity index is 1.47. The Morgan fingerprint density at radius 2 is 1.67 bits per heavy atom. The van der Waals surface area contributed by atoms with E-state index < -0.39 is 0 Å². The second kappa shape index (κ2) is 15.7. The molecule has 0 saturated carbocycles. The number of nitriles is 1. The van der Waals surface area contributed by atoms with E-state index in [-0.39, 0.29) is 12.1 Å². The normalized spacial score (nSPS) is 11.2. The predicted octanol–water partition coefficient (Wildman–Crippen LogP) is 7.48. The molecule has 0 bridgehead atoms. The molecule has 0 spiro atoms. The van der Waals surface area contributed by atoms with E-state index in [9.17, 15) is 4.79 Å². The fourth-order valence-corrected chi connectivity index (χ4v) is 4.75. The molecule has 0 saturated heterocycles. The smallest absolute Gasteiger partial charge is 0.322 e. The summed E-state index contributed by atoms with van der Waals surface area (Å²) in [6.45, 7) is 3.31. The molecule has 216 valence electrons. The molecule has 1 unspecified atom stereocenters. The summed E-state index contributed by atoms with van der Waals surface area (Å²) in [4.78, 5) is 19.9. The summed E-state index contributed by atoms with van der Waals surface area (Å²) in [5.41, 5.74) is 4.32. The lowest BCUT2D eigenvalue weighted by molar-refractivity contribution is 0.242. The van der Waals surface area contributed by atoms with E-state index >= 15 is 0 Å². The van der Waals surface area contributed by atoms with Gasteiger partial charge < -0.3 is 20.7 Å². The van der Waals surface area contributed by atoms with Crippen molar-refractivity contribution in [1.82, 2.24) is 10.3 Å². The maximum atomic E-state index is 13.7. The first-order chi connectivity index (χ1) is 20.6. The maximum Gasteiger partial charge on any atom is 0.322 e. The van der Waals surface area contributed by atoms with Gasteiger partial charge in [-0.15, -0.1) is 0 Å². The van der Waals surface area contributed by atoms with Gasteiger partial charge in [0.2, 0.25) is 0 Å². The predicted molar refractivity (Wildman–Crippen MR) is 169 cm³/mol. The summed E-state index contributed by atoms with van der Waals surface area (Å²) in [7, 11) is 1.65. The number of anilines is 4. The Morgan fingerprint density at radius 1 is 0.952 bits per heavy atom. The summed E-state index contributed by atoms with van der Waals surface area (Å²) in [6, 6.07) is 31.2. The summed E-state index contributed by atoms with van der Waals surface area (Å²) < 4.78 is 5.25. The molecular weight excluding hydrogens is 524 g/mol. The monoisotopic (exact) mass is 562 g/mol. The SMILES string of the molecule is CCCC(CCCNc1ccc(C#N)cn1)N(C(=O)NCc1ccccc1)c1ccc(Nc2ccc(OC)cc2)cc1. The van der Waals surface area contributed by atoms with Crippen LogP contribution in [-0.4, -0.2) is 30.7 Å². The first kappa shape index (κ1) is 29.9. The number of rotatable bonds is 14. The third-order valence-corrected chi connectivity index (χ3v) is 6.93. The van der Waals surface area contributed by atoms with Crippen LogP contribution in [0.15, 0.2) is 97.2 Å². The number of nitrogens with one attached hydrogen (secondary N) is 3. The fourth-order valence-electron chi connectivity index (χ4n) is 4.75. The zero-order valence-electron chi connectivity index (χ0n) is 24.2. The highest BCUT2D eigenvalue weighted by atomic mass is 16.5. The van der Waals surface area contributed by atoms with Crippen LogP contribution in [0.5, 0.6) is 5.75 Å². The average molecular weight is 563 g/mol. The van der Waals surface area contributed by atoms with Crippen LogP contribution in [0.2, 0.25) is 0 Å². The Kier molecular flexibility index (Phi) is 11.2. The molecule has 2 amide bonds. The number of hydrogen-bond acceptors (Lipinski definition) is 6. The summed E-state index contributed by atoms with van der Waals surface area (Å²) in [5, 5.41) is 18.9. The van der Waals surface area contributed by atoms with Gasteiger partial charge in [0.15, 0.2) is 0 Å². The van der Waals surface area contributed by atoms with Crippen molar-refractivity contribution in [2.24, 2.45) is 0 Å². The molecule has 8 heteroatoms. The molecule has 3 N–H and O–H groups in total. The highest BCUT2D eigenvalue weighted by Crippen LogP contribution is 2.27. The van der Waals surface area contributed by atoms with Crippen molar-refractivity contribution in [1.29, 1.82) is 5.26 Å². The van der Waals surface area contributed by atoms with E-state index in [2.05, 4.69) is 33.9 Å². The quantitative estimate of drug-likeness (QED) is 0.138. The lowest BCUT2D eigenvalue weighted by Gasteiger charge is -2.32. The summed E-state index contributed by atoms with van der Waals surface area (Å²) in [6.07, 6.45) is 5.07. The van der Waals surface area contributed by atoms with Gasteiger partial charge >= 0.3 is 6.03 Å². The summed E-state index contributed by atoms with van der Waals surface area (Å²) in [5.74, 6) is 1.54. The van der Waals surface area contributed by atoms with Crippen LogP contribution in [0, 0.1) is 11.3 Å². The maximum absolute atomic E-state index is 13.7. The molecule has 0 aliphatic heterocycles. The highest BCUT2D eigenvalue weighted by Gasteiger charge is 2.24. The second-order valence-electron chi connectivity index (χ2n) is 9.97. The Morgan fingerprint density at radius 3 is 2.29 bits per heavy atom. The van der Waals surface area contributed by atoms with Crippen molar-refractivity contribution < 1.29 is 9.53 Å². The summed E-state index contributed by atoms with van der Waals surface area (Å²) >= 11 is 0. The molecule has 0 aliphatic carbocycles. The third kappa shape index (κ3) is 8.73. The Labute approximate surface area is 248 Å². The van der Waals surface area contributed by atoms with Crippen molar-refractivity contribution in [2.75, 3.05) is 29.2 Å². The number of pyridine rings is 1. The minimum Gasteiger partial charge on any atom is -0.497 e. The largest absolute Gasteiger partial charge is 0.497 e. The second-order valence-corrected chi connectivity index (χ2v) is 9.97. The van der Waals surface area contributed by atoms with E-state index in [1.165, 1.54) is 0 Å². The van der Waals surface area contributed by atoms with Crippen LogP contribution < -0.4 is 25.6 Å². The van der Waals surface area contributed by atoms with Crippen LogP contribution >= 0.6 is 0 Å². The van der Waals surface area contributed by atoms with E-state index in [0.29, 0.717) is 18.7 Å². The molecule has 1 aromatic heterocycles. The van der Waals surface area contributed by atoms with Gasteiger partial charge in [-0.05, 0) is 85.5 Å². The van der Waals surface area contributed by atoms with Crippen LogP contribution in [0.1, 0.15) is 43.7 Å². The number of ether oxygens (including phenoxy) is 1. The zero-order chi connectivity index (χ0) is 29.6. The number of amides is 2. The zero-order valence-corrected chi connectivity index (χ0v) is 24.2. The van der Waals surface area contributed by atoms with E-state index in [4.69, 9.17) is 10.00 Å². The van der Waals surface area contributed by atoms with Gasteiger partial charge in [-0.1, -0.05) is 43.7 Å². The lowest BCUT2D eigenvalue weighted by Crippen LogP contribution is -2.46. The van der Waals surface area contributed by atoms with E-state index in [1.807, 2.05) is 89.8 Å². The number of methoxy groups -OCH3 is 1. The van der Waals surface area contributed by atoms with E-state index in [1.54, 1.807) is 19.4 Å². The number of carbonyl (C=O) groups excluding carboxylic acids is 1. The number of benzene rings is 3. The van der Waals surface area contributed by atoms with E-state index in [0.717, 1.165) is 59.9 Å². The molecule has 4 rings (SSSR count). The first-order valence-corrected chi connectivity index (χ1v) is 14.3. The fraction of sp³-hybridized carbons (Fsp3) is 0.265. The van der Waals surface area contributed by atoms with Gasteiger partial charge in [-0.3, -0.25) is 4.90 Å². The molecule has 4 aromatic rings. The van der Waals surface area contributed by atoms with Gasteiger partial charge in [-0.25, -0.2) is 9.78 Å². The van der Waals surface area contributed by atoms with Gasteiger partial charge in [0, 0.05) is 42.4 Å². The minimum atomic E-state index is -0.116. The molecule has 42 heavy (non-hydrogen) atoms. The molecule has 0 aliphatic rings. The van der Waals surface area contributed by atoms with Crippen molar-refractivity contribution in [2.45, 2.75) is 45.2 Å². The van der Waals surface area contributed by atoms with Crippen LogP contribution in [0.3, 0.4) is 0 Å². The van der Waals surface area contributed by atoms with Crippen LogP contribution in [0.25, 0.3) is 0 Å². The molecule has 0 fully saturated rings. The number of nitrogens with zero attached hydrogens (tertiary/aromatic N) is 3. The number of aromatic nitrogens is 1. The van der Waals surface area contributed by atoms with Crippen LogP contribution in [-0.2, 0) is 6.54 Å². The molecule has 3 aromatic carbocycles. The number of carbonyl (C=O) groups is 1. The van der Waals surface area contributed by atoms with Crippen molar-refractivity contribution in [3.8, 4) is 11.8 Å². The standard InChI is InChI=1S/C34H38N6O2/c1-3-8-30(11-7-22-36-33-21-12-27(23-35)25-37-33)40(34(41)38-24-26-9-5-4-6-10-26)31-17-13-28(14-18-31)39-29-15-19-32(42-2)20-16-29/h4-6,9-10,12-21,25,30,39H,3,7-8,11,22,24H2,1-2H3,(H,36,37)(H,38,41). The molecule has 8 nitrogen and oxygen atoms in total. The Bertz CT molecular complexity index is 1420. The number of urea groups is 1. The van der Waals surface area contributed by atoms with Crippen molar-refractivity contribution in [3.63, 3.8) is 0 Å². The first-order valence-electron chi connectivity index (χ1n) is 14.3. The average Bonchev–Trinajstić information content (AvgIpc) is 3.04. The van der Waals surface area contributed by atoms with Crippen molar-refractivity contribution in [3.05, 3.63) is 108 Å². The minimum absolute atomic E-state index is 0.0156. The highest BCUT2D eigenvalue weighted by molar-refractivity contribution is 5.92. The third-order valence-electron chi connectivity index (χ3n) is 6.93. The van der Waals surface area contributed by atoms with Gasteiger partial charge in [-0.2, -0.15) is 5.26 Å². The van der Waals surface area contributed by atoms with Gasteiger partial charge in [0.1, 0.15) is 17.6 Å². The number of hydrogen-bond donors (Lipinski definition) is 3. The molecule has 1 atom stereocenters. The molecular formula is C34H38N6O2. The Hall–Kier alpha value is -5.03. The lowest BCUT2D eigenvalue weighted by atomic mass is 10.0. The van der Waals surface area contributed by atoms with Gasteiger partial charge in [0.25, 0.3) is 0 Å². The van der Waals surface area contributed by atoms with Gasteiger partial charge in [0.05, 0.1) is 12.7 Å². The van der Waals surface area contributed by atoms with Crippen molar-refractivity contribution >= 4 is 28.9 Å². The topological polar surface area (TPSA) is 102 Å². The molecule has 0 radical (unpaired) electrons.